The Bertz CT molecular complexity index is 442. The molecular formula is C15H22N2O2. The molecule has 2 N–H and O–H groups in total. The van der Waals surface area contributed by atoms with Gasteiger partial charge in [-0.3, -0.25) is 4.79 Å². The van der Waals surface area contributed by atoms with Gasteiger partial charge < -0.3 is 15.4 Å². The first kappa shape index (κ1) is 13.9. The number of hydrogen-bond donors (Lipinski definition) is 2. The fourth-order valence-electron chi connectivity index (χ4n) is 1.96. The van der Waals surface area contributed by atoms with Crippen LogP contribution in [0.3, 0.4) is 0 Å². The number of carbonyl (C=O) groups is 1. The molecule has 0 unspecified atom stereocenters. The predicted octanol–water partition coefficient (Wildman–Crippen LogP) is 1.76. The molecule has 104 valence electrons. The number of nitrogens with one attached hydrogen (secondary N) is 2. The molecule has 1 aliphatic carbocycles. The Morgan fingerprint density at radius 2 is 2.21 bits per heavy atom. The number of amides is 1. The molecule has 1 amide bonds. The summed E-state index contributed by atoms with van der Waals surface area (Å²) in [5, 5.41) is 6.08. The molecular weight excluding hydrogens is 240 g/mol. The SMILES string of the molecule is CNCc1cc(C)ccc1OCCC(=O)NC1CC1. The van der Waals surface area contributed by atoms with E-state index in [1.807, 2.05) is 19.2 Å². The van der Waals surface area contributed by atoms with Gasteiger partial charge in [0.25, 0.3) is 0 Å². The third-order valence-electron chi connectivity index (χ3n) is 3.11. The zero-order valence-corrected chi connectivity index (χ0v) is 11.7. The van der Waals surface area contributed by atoms with E-state index in [2.05, 4.69) is 23.6 Å². The highest BCUT2D eigenvalue weighted by atomic mass is 16.5. The number of ether oxygens (including phenoxy) is 1. The fraction of sp³-hybridized carbons (Fsp3) is 0.533. The van der Waals surface area contributed by atoms with Crippen molar-refractivity contribution in [2.24, 2.45) is 0 Å². The summed E-state index contributed by atoms with van der Waals surface area (Å²) >= 11 is 0. The van der Waals surface area contributed by atoms with E-state index in [1.54, 1.807) is 0 Å². The van der Waals surface area contributed by atoms with Crippen LogP contribution in [0.5, 0.6) is 5.75 Å². The first-order chi connectivity index (χ1) is 9.19. The molecule has 1 fully saturated rings. The van der Waals surface area contributed by atoms with E-state index in [-0.39, 0.29) is 5.91 Å². The van der Waals surface area contributed by atoms with Crippen LogP contribution < -0.4 is 15.4 Å². The van der Waals surface area contributed by atoms with Crippen molar-refractivity contribution in [1.82, 2.24) is 10.6 Å². The lowest BCUT2D eigenvalue weighted by Gasteiger charge is -2.12. The second-order valence-electron chi connectivity index (χ2n) is 5.08. The topological polar surface area (TPSA) is 50.4 Å². The molecule has 1 aromatic carbocycles. The molecule has 0 saturated heterocycles. The third-order valence-corrected chi connectivity index (χ3v) is 3.11. The van der Waals surface area contributed by atoms with Gasteiger partial charge in [-0.15, -0.1) is 0 Å². The van der Waals surface area contributed by atoms with E-state index in [0.717, 1.165) is 30.7 Å². The van der Waals surface area contributed by atoms with Gasteiger partial charge in [-0.25, -0.2) is 0 Å². The van der Waals surface area contributed by atoms with Crippen molar-refractivity contribution >= 4 is 5.91 Å². The van der Waals surface area contributed by atoms with Crippen molar-refractivity contribution in [2.45, 2.75) is 38.8 Å². The van der Waals surface area contributed by atoms with Gasteiger partial charge in [-0.05, 0) is 32.9 Å². The Morgan fingerprint density at radius 1 is 1.42 bits per heavy atom. The molecule has 2 rings (SSSR count). The summed E-state index contributed by atoms with van der Waals surface area (Å²) in [6, 6.07) is 6.53. The van der Waals surface area contributed by atoms with Crippen molar-refractivity contribution in [3.05, 3.63) is 29.3 Å². The summed E-state index contributed by atoms with van der Waals surface area (Å²) in [5.74, 6) is 0.948. The van der Waals surface area contributed by atoms with Crippen molar-refractivity contribution in [1.29, 1.82) is 0 Å². The van der Waals surface area contributed by atoms with Gasteiger partial charge in [0.15, 0.2) is 0 Å². The second kappa shape index (κ2) is 6.57. The van der Waals surface area contributed by atoms with E-state index in [9.17, 15) is 4.79 Å². The Hall–Kier alpha value is -1.55. The minimum absolute atomic E-state index is 0.0878. The van der Waals surface area contributed by atoms with Gasteiger partial charge in [0.2, 0.25) is 5.91 Å². The molecule has 0 aliphatic heterocycles. The number of rotatable bonds is 7. The van der Waals surface area contributed by atoms with Crippen LogP contribution in [0.2, 0.25) is 0 Å². The average molecular weight is 262 g/mol. The second-order valence-corrected chi connectivity index (χ2v) is 5.08. The Balaban J connectivity index is 1.82. The van der Waals surface area contributed by atoms with Gasteiger partial charge in [-0.2, -0.15) is 0 Å². The van der Waals surface area contributed by atoms with E-state index in [4.69, 9.17) is 4.74 Å². The smallest absolute Gasteiger partial charge is 0.223 e. The molecule has 0 radical (unpaired) electrons. The van der Waals surface area contributed by atoms with Gasteiger partial charge in [0.05, 0.1) is 13.0 Å². The van der Waals surface area contributed by atoms with Crippen molar-refractivity contribution in [3.63, 3.8) is 0 Å². The lowest BCUT2D eigenvalue weighted by Crippen LogP contribution is -2.26. The number of benzene rings is 1. The minimum atomic E-state index is 0.0878. The molecule has 19 heavy (non-hydrogen) atoms. The Labute approximate surface area is 114 Å². The van der Waals surface area contributed by atoms with Crippen molar-refractivity contribution in [3.8, 4) is 5.75 Å². The van der Waals surface area contributed by atoms with Crippen LogP contribution >= 0.6 is 0 Å². The van der Waals surface area contributed by atoms with Crippen LogP contribution in [-0.4, -0.2) is 25.6 Å². The van der Waals surface area contributed by atoms with E-state index < -0.39 is 0 Å². The molecule has 1 saturated carbocycles. The zero-order chi connectivity index (χ0) is 13.7. The highest BCUT2D eigenvalue weighted by Gasteiger charge is 2.22. The molecule has 1 aromatic rings. The van der Waals surface area contributed by atoms with Crippen molar-refractivity contribution < 1.29 is 9.53 Å². The first-order valence-corrected chi connectivity index (χ1v) is 6.85. The molecule has 4 heteroatoms. The van der Waals surface area contributed by atoms with Gasteiger partial charge >= 0.3 is 0 Å². The predicted molar refractivity (Wildman–Crippen MR) is 75.2 cm³/mol. The molecule has 4 nitrogen and oxygen atoms in total. The van der Waals surface area contributed by atoms with E-state index >= 15 is 0 Å². The largest absolute Gasteiger partial charge is 0.493 e. The Kier molecular flexibility index (Phi) is 4.80. The maximum absolute atomic E-state index is 11.5. The minimum Gasteiger partial charge on any atom is -0.493 e. The van der Waals surface area contributed by atoms with Crippen LogP contribution in [0.1, 0.15) is 30.4 Å². The normalized spacial score (nSPS) is 14.2. The maximum atomic E-state index is 11.5. The van der Waals surface area contributed by atoms with Crippen LogP contribution in [0, 0.1) is 6.92 Å². The standard InChI is InChI=1S/C15H22N2O2/c1-11-3-6-14(12(9-11)10-16-2)19-8-7-15(18)17-13-4-5-13/h3,6,9,13,16H,4-5,7-8,10H2,1-2H3,(H,17,18). The first-order valence-electron chi connectivity index (χ1n) is 6.85. The summed E-state index contributed by atoms with van der Waals surface area (Å²) < 4.78 is 5.72. The number of carbonyl (C=O) groups excluding carboxylic acids is 1. The monoisotopic (exact) mass is 262 g/mol. The van der Waals surface area contributed by atoms with E-state index in [0.29, 0.717) is 19.1 Å². The van der Waals surface area contributed by atoms with Crippen molar-refractivity contribution in [2.75, 3.05) is 13.7 Å². The lowest BCUT2D eigenvalue weighted by molar-refractivity contribution is -0.121. The average Bonchev–Trinajstić information content (AvgIpc) is 3.16. The molecule has 0 spiro atoms. The molecule has 0 aromatic heterocycles. The zero-order valence-electron chi connectivity index (χ0n) is 11.7. The fourth-order valence-corrected chi connectivity index (χ4v) is 1.96. The van der Waals surface area contributed by atoms with Crippen LogP contribution in [0.4, 0.5) is 0 Å². The van der Waals surface area contributed by atoms with E-state index in [1.165, 1.54) is 5.56 Å². The van der Waals surface area contributed by atoms with Gasteiger partial charge in [-0.1, -0.05) is 17.7 Å². The third kappa shape index (κ3) is 4.56. The van der Waals surface area contributed by atoms with Gasteiger partial charge in [0, 0.05) is 18.2 Å². The lowest BCUT2D eigenvalue weighted by atomic mass is 10.1. The Morgan fingerprint density at radius 3 is 2.89 bits per heavy atom. The highest BCUT2D eigenvalue weighted by Crippen LogP contribution is 2.21. The molecule has 1 aliphatic rings. The summed E-state index contributed by atoms with van der Waals surface area (Å²) in [4.78, 5) is 11.5. The van der Waals surface area contributed by atoms with Crippen LogP contribution in [0.25, 0.3) is 0 Å². The number of aryl methyl sites for hydroxylation is 1. The molecule has 0 bridgehead atoms. The quantitative estimate of drug-likeness (QED) is 0.787. The molecule has 0 atom stereocenters. The summed E-state index contributed by atoms with van der Waals surface area (Å²) in [5.41, 5.74) is 2.34. The van der Waals surface area contributed by atoms with Gasteiger partial charge in [0.1, 0.15) is 5.75 Å². The number of hydrogen-bond acceptors (Lipinski definition) is 3. The highest BCUT2D eigenvalue weighted by molar-refractivity contribution is 5.76. The summed E-state index contributed by atoms with van der Waals surface area (Å²) in [6.45, 7) is 3.26. The van der Waals surface area contributed by atoms with Crippen LogP contribution in [0.15, 0.2) is 18.2 Å². The summed E-state index contributed by atoms with van der Waals surface area (Å²) in [6.07, 6.45) is 2.66. The summed E-state index contributed by atoms with van der Waals surface area (Å²) in [7, 11) is 1.91. The maximum Gasteiger partial charge on any atom is 0.223 e. The molecule has 0 heterocycles. The van der Waals surface area contributed by atoms with Crippen LogP contribution in [-0.2, 0) is 11.3 Å².